The van der Waals surface area contributed by atoms with Crippen molar-refractivity contribution in [1.82, 2.24) is 14.8 Å². The highest BCUT2D eigenvalue weighted by Crippen LogP contribution is 2.38. The molecule has 0 saturated heterocycles. The molecule has 0 radical (unpaired) electrons. The van der Waals surface area contributed by atoms with Gasteiger partial charge in [-0.15, -0.1) is 10.2 Å². The molecule has 2 aromatic rings. The van der Waals surface area contributed by atoms with Crippen molar-refractivity contribution in [3.8, 4) is 10.6 Å². The summed E-state index contributed by atoms with van der Waals surface area (Å²) in [5.74, 6) is 0. The van der Waals surface area contributed by atoms with Gasteiger partial charge in [0.1, 0.15) is 0 Å². The Bertz CT molecular complexity index is 722. The molecule has 1 saturated carbocycles. The SMILES string of the molecule is CNc1nnc(-c2ccc(C(C)(C)C)n(C3CC3)c2=O)s1. The number of pyridine rings is 1. The minimum Gasteiger partial charge on any atom is -0.363 e. The fourth-order valence-corrected chi connectivity index (χ4v) is 3.17. The maximum absolute atomic E-state index is 12.9. The number of aromatic nitrogens is 3. The molecule has 3 rings (SSSR count). The summed E-state index contributed by atoms with van der Waals surface area (Å²) in [7, 11) is 1.80. The van der Waals surface area contributed by atoms with Crippen LogP contribution in [0.5, 0.6) is 0 Å². The maximum atomic E-state index is 12.9. The number of nitrogens with one attached hydrogen (secondary N) is 1. The van der Waals surface area contributed by atoms with Crippen LogP contribution in [0.2, 0.25) is 0 Å². The molecule has 0 amide bonds. The zero-order valence-electron chi connectivity index (χ0n) is 12.8. The molecule has 0 aliphatic heterocycles. The van der Waals surface area contributed by atoms with E-state index in [-0.39, 0.29) is 11.0 Å². The molecule has 0 aromatic carbocycles. The fourth-order valence-electron chi connectivity index (χ4n) is 2.46. The summed E-state index contributed by atoms with van der Waals surface area (Å²) in [5.41, 5.74) is 1.76. The third-order valence-electron chi connectivity index (χ3n) is 3.67. The number of nitrogens with zero attached hydrogens (tertiary/aromatic N) is 3. The molecular weight excluding hydrogens is 284 g/mol. The third kappa shape index (κ3) is 2.60. The number of anilines is 1. The molecule has 0 unspecified atom stereocenters. The van der Waals surface area contributed by atoms with Crippen molar-refractivity contribution in [3.63, 3.8) is 0 Å². The summed E-state index contributed by atoms with van der Waals surface area (Å²) in [4.78, 5) is 12.9. The fraction of sp³-hybridized carbons (Fsp3) is 0.533. The van der Waals surface area contributed by atoms with Crippen molar-refractivity contribution in [1.29, 1.82) is 0 Å². The van der Waals surface area contributed by atoms with E-state index in [1.165, 1.54) is 11.3 Å². The van der Waals surface area contributed by atoms with Crippen LogP contribution in [0, 0.1) is 0 Å². The summed E-state index contributed by atoms with van der Waals surface area (Å²) in [6, 6.07) is 4.31. The van der Waals surface area contributed by atoms with Gasteiger partial charge >= 0.3 is 0 Å². The Kier molecular flexibility index (Phi) is 3.36. The molecule has 0 atom stereocenters. The Morgan fingerprint density at radius 2 is 2.00 bits per heavy atom. The molecule has 5 nitrogen and oxygen atoms in total. The molecule has 112 valence electrons. The van der Waals surface area contributed by atoms with Gasteiger partial charge in [-0.3, -0.25) is 4.79 Å². The molecule has 1 aliphatic rings. The van der Waals surface area contributed by atoms with Crippen molar-refractivity contribution in [2.75, 3.05) is 12.4 Å². The zero-order chi connectivity index (χ0) is 15.2. The van der Waals surface area contributed by atoms with Crippen molar-refractivity contribution in [3.05, 3.63) is 28.2 Å². The van der Waals surface area contributed by atoms with Gasteiger partial charge in [-0.2, -0.15) is 0 Å². The largest absolute Gasteiger partial charge is 0.363 e. The first-order valence-corrected chi connectivity index (χ1v) is 8.01. The van der Waals surface area contributed by atoms with Gasteiger partial charge in [0.05, 0.1) is 5.56 Å². The van der Waals surface area contributed by atoms with E-state index in [9.17, 15) is 4.79 Å². The van der Waals surface area contributed by atoms with Crippen LogP contribution in [-0.2, 0) is 5.41 Å². The van der Waals surface area contributed by atoms with E-state index in [0.29, 0.717) is 16.6 Å². The van der Waals surface area contributed by atoms with Crippen molar-refractivity contribution in [2.24, 2.45) is 0 Å². The van der Waals surface area contributed by atoms with E-state index < -0.39 is 0 Å². The Balaban J connectivity index is 2.16. The molecule has 1 fully saturated rings. The normalized spacial score (nSPS) is 15.2. The standard InChI is InChI=1S/C15H20N4OS/c1-15(2,3)11-8-7-10(12-17-18-14(16-4)21-12)13(20)19(11)9-5-6-9/h7-9H,5-6H2,1-4H3,(H,16,18). The molecule has 21 heavy (non-hydrogen) atoms. The Morgan fingerprint density at radius 1 is 1.29 bits per heavy atom. The first-order valence-electron chi connectivity index (χ1n) is 7.19. The minimum atomic E-state index is -0.0441. The monoisotopic (exact) mass is 304 g/mol. The van der Waals surface area contributed by atoms with Crippen LogP contribution in [0.25, 0.3) is 10.6 Å². The molecule has 2 heterocycles. The van der Waals surface area contributed by atoms with E-state index in [1.54, 1.807) is 7.05 Å². The summed E-state index contributed by atoms with van der Waals surface area (Å²) >= 11 is 1.41. The van der Waals surface area contributed by atoms with Gasteiger partial charge in [0, 0.05) is 24.2 Å². The summed E-state index contributed by atoms with van der Waals surface area (Å²) < 4.78 is 1.97. The van der Waals surface area contributed by atoms with Crippen LogP contribution >= 0.6 is 11.3 Å². The summed E-state index contributed by atoms with van der Waals surface area (Å²) in [6.07, 6.45) is 2.18. The highest BCUT2D eigenvalue weighted by molar-refractivity contribution is 7.18. The number of rotatable bonds is 3. The first-order chi connectivity index (χ1) is 9.91. The van der Waals surface area contributed by atoms with Gasteiger partial charge in [-0.1, -0.05) is 32.1 Å². The number of hydrogen-bond acceptors (Lipinski definition) is 5. The highest BCUT2D eigenvalue weighted by Gasteiger charge is 2.31. The molecule has 1 aliphatic carbocycles. The molecule has 0 bridgehead atoms. The van der Waals surface area contributed by atoms with E-state index in [0.717, 1.165) is 23.7 Å². The Morgan fingerprint density at radius 3 is 2.52 bits per heavy atom. The smallest absolute Gasteiger partial charge is 0.261 e. The van der Waals surface area contributed by atoms with Crippen LogP contribution < -0.4 is 10.9 Å². The lowest BCUT2D eigenvalue weighted by atomic mass is 9.90. The Hall–Kier alpha value is -1.69. The van der Waals surface area contributed by atoms with E-state index in [4.69, 9.17) is 0 Å². The van der Waals surface area contributed by atoms with Gasteiger partial charge in [-0.25, -0.2) is 0 Å². The first kappa shape index (κ1) is 14.3. The lowest BCUT2D eigenvalue weighted by Gasteiger charge is -2.24. The Labute approximate surface area is 128 Å². The molecule has 0 spiro atoms. The van der Waals surface area contributed by atoms with Crippen LogP contribution in [-0.4, -0.2) is 21.8 Å². The minimum absolute atomic E-state index is 0.0441. The second kappa shape index (κ2) is 4.94. The molecule has 2 aromatic heterocycles. The lowest BCUT2D eigenvalue weighted by molar-refractivity contribution is 0.506. The average Bonchev–Trinajstić information content (AvgIpc) is 3.14. The van der Waals surface area contributed by atoms with Crippen LogP contribution in [0.4, 0.5) is 5.13 Å². The van der Waals surface area contributed by atoms with Gasteiger partial charge in [0.15, 0.2) is 5.01 Å². The average molecular weight is 304 g/mol. The molecular formula is C15H20N4OS. The van der Waals surface area contributed by atoms with E-state index in [2.05, 4.69) is 42.4 Å². The second-order valence-corrected chi connectivity index (χ2v) is 7.43. The van der Waals surface area contributed by atoms with Crippen molar-refractivity contribution >= 4 is 16.5 Å². The summed E-state index contributed by atoms with van der Waals surface area (Å²) in [5, 5.41) is 12.5. The van der Waals surface area contributed by atoms with Gasteiger partial charge in [0.25, 0.3) is 5.56 Å². The predicted octanol–water partition coefficient (Wildman–Crippen LogP) is 3.04. The quantitative estimate of drug-likeness (QED) is 0.947. The van der Waals surface area contributed by atoms with Crippen LogP contribution in [0.15, 0.2) is 16.9 Å². The van der Waals surface area contributed by atoms with Crippen LogP contribution in [0.1, 0.15) is 45.3 Å². The van der Waals surface area contributed by atoms with Gasteiger partial charge in [0.2, 0.25) is 5.13 Å². The van der Waals surface area contributed by atoms with Gasteiger partial charge in [-0.05, 0) is 25.0 Å². The van der Waals surface area contributed by atoms with Crippen molar-refractivity contribution in [2.45, 2.75) is 45.1 Å². The van der Waals surface area contributed by atoms with Crippen LogP contribution in [0.3, 0.4) is 0 Å². The maximum Gasteiger partial charge on any atom is 0.261 e. The van der Waals surface area contributed by atoms with E-state index >= 15 is 0 Å². The van der Waals surface area contributed by atoms with Crippen molar-refractivity contribution < 1.29 is 0 Å². The zero-order valence-corrected chi connectivity index (χ0v) is 13.6. The third-order valence-corrected chi connectivity index (χ3v) is 4.64. The molecule has 6 heteroatoms. The predicted molar refractivity (Wildman–Crippen MR) is 86.1 cm³/mol. The van der Waals surface area contributed by atoms with E-state index in [1.807, 2.05) is 10.6 Å². The van der Waals surface area contributed by atoms with Gasteiger partial charge < -0.3 is 9.88 Å². The number of hydrogen-bond donors (Lipinski definition) is 1. The lowest BCUT2D eigenvalue weighted by Crippen LogP contribution is -2.29. The highest BCUT2D eigenvalue weighted by atomic mass is 32.1. The molecule has 1 N–H and O–H groups in total. The topological polar surface area (TPSA) is 59.8 Å². The summed E-state index contributed by atoms with van der Waals surface area (Å²) in [6.45, 7) is 6.43. The second-order valence-electron chi connectivity index (χ2n) is 6.45.